The Labute approximate surface area is 152 Å². The Morgan fingerprint density at radius 2 is 1.96 bits per heavy atom. The predicted molar refractivity (Wildman–Crippen MR) is 98.7 cm³/mol. The monoisotopic (exact) mass is 356 g/mol. The highest BCUT2D eigenvalue weighted by Crippen LogP contribution is 2.31. The molecule has 2 amide bonds. The fraction of sp³-hybridized carbons (Fsp3) is 0.300. The molecule has 1 heterocycles. The van der Waals surface area contributed by atoms with Crippen molar-refractivity contribution in [1.82, 2.24) is 0 Å². The first-order valence-electron chi connectivity index (χ1n) is 8.70. The van der Waals surface area contributed by atoms with Crippen LogP contribution in [0.25, 0.3) is 0 Å². The number of carbonyl (C=O) groups is 2. The molecule has 0 spiro atoms. The standard InChI is InChI=1S/C20H22FN3O2/c1-14-10-15-6-3-4-9-18(15)24(14)20(26)13-23(2)12-19(25)22-17-8-5-7-16(21)11-17/h3-9,11,14H,10,12-13H2,1-2H3,(H,22,25)/p+1/t14-/m0/s1. The maximum absolute atomic E-state index is 13.2. The topological polar surface area (TPSA) is 53.9 Å². The molecule has 1 unspecified atom stereocenters. The SMILES string of the molecule is C[C@H]1Cc2ccccc2N1C(=O)C[NH+](C)CC(=O)Nc1cccc(F)c1. The summed E-state index contributed by atoms with van der Waals surface area (Å²) in [5, 5.41) is 2.66. The lowest BCUT2D eigenvalue weighted by Crippen LogP contribution is -3.11. The van der Waals surface area contributed by atoms with E-state index in [0.29, 0.717) is 5.69 Å². The maximum atomic E-state index is 13.2. The summed E-state index contributed by atoms with van der Waals surface area (Å²) in [6, 6.07) is 13.8. The zero-order valence-electron chi connectivity index (χ0n) is 15.0. The number of hydrogen-bond acceptors (Lipinski definition) is 2. The molecule has 0 aliphatic carbocycles. The minimum Gasteiger partial charge on any atom is -0.322 e. The van der Waals surface area contributed by atoms with Crippen LogP contribution in [0.2, 0.25) is 0 Å². The third-order valence-electron chi connectivity index (χ3n) is 4.50. The molecule has 2 N–H and O–H groups in total. The van der Waals surface area contributed by atoms with Gasteiger partial charge in [-0.25, -0.2) is 4.39 Å². The van der Waals surface area contributed by atoms with E-state index in [-0.39, 0.29) is 30.9 Å². The van der Waals surface area contributed by atoms with Gasteiger partial charge in [0, 0.05) is 17.4 Å². The van der Waals surface area contributed by atoms with Crippen molar-refractivity contribution in [3.63, 3.8) is 0 Å². The Hall–Kier alpha value is -2.73. The van der Waals surface area contributed by atoms with Crippen molar-refractivity contribution in [3.05, 3.63) is 59.9 Å². The quantitative estimate of drug-likeness (QED) is 0.847. The Kier molecular flexibility index (Phi) is 5.32. The number of fused-ring (bicyclic) bond motifs is 1. The van der Waals surface area contributed by atoms with Crippen molar-refractivity contribution in [3.8, 4) is 0 Å². The number of benzene rings is 2. The average molecular weight is 356 g/mol. The summed E-state index contributed by atoms with van der Waals surface area (Å²) >= 11 is 0. The van der Waals surface area contributed by atoms with Crippen LogP contribution in [0.5, 0.6) is 0 Å². The number of nitrogens with zero attached hydrogens (tertiary/aromatic N) is 1. The Balaban J connectivity index is 1.57. The summed E-state index contributed by atoms with van der Waals surface area (Å²) in [5.41, 5.74) is 2.55. The molecular formula is C20H23FN3O2+. The molecular weight excluding hydrogens is 333 g/mol. The van der Waals surface area contributed by atoms with Crippen LogP contribution in [0.3, 0.4) is 0 Å². The average Bonchev–Trinajstić information content (AvgIpc) is 2.90. The van der Waals surface area contributed by atoms with Gasteiger partial charge >= 0.3 is 0 Å². The molecule has 2 aromatic carbocycles. The van der Waals surface area contributed by atoms with E-state index in [9.17, 15) is 14.0 Å². The molecule has 136 valence electrons. The van der Waals surface area contributed by atoms with E-state index in [4.69, 9.17) is 0 Å². The number of amides is 2. The second kappa shape index (κ2) is 7.66. The molecule has 3 rings (SSSR count). The fourth-order valence-corrected chi connectivity index (χ4v) is 3.40. The van der Waals surface area contributed by atoms with Crippen molar-refractivity contribution in [1.29, 1.82) is 0 Å². The van der Waals surface area contributed by atoms with Crippen LogP contribution in [-0.4, -0.2) is 38.0 Å². The minimum atomic E-state index is -0.402. The van der Waals surface area contributed by atoms with Crippen molar-refractivity contribution >= 4 is 23.2 Å². The number of nitrogens with one attached hydrogen (secondary N) is 2. The predicted octanol–water partition coefficient (Wildman–Crippen LogP) is 1.26. The number of halogens is 1. The van der Waals surface area contributed by atoms with Gasteiger partial charge in [0.05, 0.1) is 7.05 Å². The summed E-state index contributed by atoms with van der Waals surface area (Å²) in [5.74, 6) is -0.658. The number of anilines is 2. The van der Waals surface area contributed by atoms with E-state index in [1.165, 1.54) is 23.8 Å². The van der Waals surface area contributed by atoms with Gasteiger partial charge in [-0.2, -0.15) is 0 Å². The molecule has 1 aliphatic rings. The van der Waals surface area contributed by atoms with Gasteiger partial charge in [-0.15, -0.1) is 0 Å². The van der Waals surface area contributed by atoms with E-state index in [1.807, 2.05) is 36.1 Å². The largest absolute Gasteiger partial charge is 0.322 e. The van der Waals surface area contributed by atoms with E-state index in [1.54, 1.807) is 13.1 Å². The highest BCUT2D eigenvalue weighted by molar-refractivity contribution is 5.97. The van der Waals surface area contributed by atoms with Gasteiger partial charge < -0.3 is 15.1 Å². The highest BCUT2D eigenvalue weighted by atomic mass is 19.1. The van der Waals surface area contributed by atoms with Crippen molar-refractivity contribution < 1.29 is 18.9 Å². The minimum absolute atomic E-state index is 0.00138. The number of rotatable bonds is 5. The van der Waals surface area contributed by atoms with Gasteiger partial charge in [-0.3, -0.25) is 9.59 Å². The summed E-state index contributed by atoms with van der Waals surface area (Å²) in [4.78, 5) is 27.5. The lowest BCUT2D eigenvalue weighted by molar-refractivity contribution is -0.862. The van der Waals surface area contributed by atoms with E-state index in [2.05, 4.69) is 5.32 Å². The number of carbonyl (C=O) groups excluding carboxylic acids is 2. The van der Waals surface area contributed by atoms with Crippen molar-refractivity contribution in [2.75, 3.05) is 30.4 Å². The molecule has 26 heavy (non-hydrogen) atoms. The van der Waals surface area contributed by atoms with Gasteiger partial charge in [0.2, 0.25) is 0 Å². The van der Waals surface area contributed by atoms with Gasteiger partial charge in [-0.1, -0.05) is 24.3 Å². The van der Waals surface area contributed by atoms with E-state index < -0.39 is 5.82 Å². The highest BCUT2D eigenvalue weighted by Gasteiger charge is 2.32. The molecule has 0 radical (unpaired) electrons. The van der Waals surface area contributed by atoms with Crippen LogP contribution in [0.4, 0.5) is 15.8 Å². The smallest absolute Gasteiger partial charge is 0.282 e. The maximum Gasteiger partial charge on any atom is 0.282 e. The molecule has 0 bridgehead atoms. The second-order valence-electron chi connectivity index (χ2n) is 6.81. The van der Waals surface area contributed by atoms with Crippen molar-refractivity contribution in [2.45, 2.75) is 19.4 Å². The Morgan fingerprint density at radius 3 is 2.73 bits per heavy atom. The molecule has 2 aromatic rings. The van der Waals surface area contributed by atoms with Crippen LogP contribution < -0.4 is 15.1 Å². The third-order valence-corrected chi connectivity index (χ3v) is 4.50. The molecule has 0 aromatic heterocycles. The number of likely N-dealkylation sites (N-methyl/N-ethyl adjacent to an activating group) is 1. The van der Waals surface area contributed by atoms with E-state index in [0.717, 1.165) is 17.0 Å². The first kappa shape index (κ1) is 18.1. The van der Waals surface area contributed by atoms with Crippen LogP contribution in [0.15, 0.2) is 48.5 Å². The normalized spacial score (nSPS) is 16.9. The van der Waals surface area contributed by atoms with Gasteiger partial charge in [0.1, 0.15) is 5.82 Å². The van der Waals surface area contributed by atoms with Gasteiger partial charge in [0.25, 0.3) is 11.8 Å². The second-order valence-corrected chi connectivity index (χ2v) is 6.81. The summed E-state index contributed by atoms with van der Waals surface area (Å²) in [7, 11) is 1.80. The van der Waals surface area contributed by atoms with E-state index >= 15 is 0 Å². The van der Waals surface area contributed by atoms with Crippen LogP contribution in [0, 0.1) is 5.82 Å². The zero-order valence-corrected chi connectivity index (χ0v) is 15.0. The van der Waals surface area contributed by atoms with Crippen LogP contribution in [0.1, 0.15) is 12.5 Å². The Morgan fingerprint density at radius 1 is 1.19 bits per heavy atom. The summed E-state index contributed by atoms with van der Waals surface area (Å²) < 4.78 is 13.2. The third kappa shape index (κ3) is 4.08. The number of para-hydroxylation sites is 1. The number of quaternary nitrogens is 1. The van der Waals surface area contributed by atoms with Gasteiger partial charge in [-0.05, 0) is 43.2 Å². The molecule has 0 fully saturated rings. The first-order valence-corrected chi connectivity index (χ1v) is 8.70. The van der Waals surface area contributed by atoms with Crippen molar-refractivity contribution in [2.24, 2.45) is 0 Å². The first-order chi connectivity index (χ1) is 12.4. The molecule has 0 saturated heterocycles. The zero-order chi connectivity index (χ0) is 18.7. The van der Waals surface area contributed by atoms with Crippen LogP contribution in [-0.2, 0) is 16.0 Å². The molecule has 6 heteroatoms. The van der Waals surface area contributed by atoms with Gasteiger partial charge in [0.15, 0.2) is 13.1 Å². The number of hydrogen-bond donors (Lipinski definition) is 2. The fourth-order valence-electron chi connectivity index (χ4n) is 3.40. The Bertz CT molecular complexity index is 824. The lowest BCUT2D eigenvalue weighted by atomic mass is 10.1. The summed E-state index contributed by atoms with van der Waals surface area (Å²) in [6.45, 7) is 2.38. The lowest BCUT2D eigenvalue weighted by Gasteiger charge is -2.24. The molecule has 2 atom stereocenters. The summed E-state index contributed by atoms with van der Waals surface area (Å²) in [6.07, 6.45) is 0.848. The molecule has 1 aliphatic heterocycles. The molecule has 0 saturated carbocycles. The molecule has 5 nitrogen and oxygen atoms in total. The van der Waals surface area contributed by atoms with Crippen LogP contribution >= 0.6 is 0 Å².